The highest BCUT2D eigenvalue weighted by molar-refractivity contribution is 5.94. The summed E-state index contributed by atoms with van der Waals surface area (Å²) in [5.74, 6) is -0.0704. The number of hydrogen-bond acceptors (Lipinski definition) is 3. The van der Waals surface area contributed by atoms with Gasteiger partial charge in [-0.15, -0.1) is 0 Å². The molecule has 92 valence electrons. The maximum atomic E-state index is 11.9. The predicted molar refractivity (Wildman–Crippen MR) is 63.8 cm³/mol. The molecule has 1 aromatic carbocycles. The first-order valence-corrected chi connectivity index (χ1v) is 5.93. The summed E-state index contributed by atoms with van der Waals surface area (Å²) in [5.41, 5.74) is 0.469. The Morgan fingerprint density at radius 3 is 2.59 bits per heavy atom. The second kappa shape index (κ2) is 5.19. The van der Waals surface area contributed by atoms with E-state index < -0.39 is 0 Å². The van der Waals surface area contributed by atoms with Crippen LogP contribution in [0.3, 0.4) is 0 Å². The monoisotopic (exact) mass is 235 g/mol. The van der Waals surface area contributed by atoms with E-state index in [2.05, 4.69) is 5.32 Å². The second-order valence-corrected chi connectivity index (χ2v) is 4.53. The Bertz CT molecular complexity index is 397. The quantitative estimate of drug-likeness (QED) is 0.726. The van der Waals surface area contributed by atoms with Crippen molar-refractivity contribution in [2.24, 2.45) is 0 Å². The van der Waals surface area contributed by atoms with Crippen LogP contribution >= 0.6 is 0 Å². The minimum absolute atomic E-state index is 0.0942. The number of carbonyl (C=O) groups excluding carboxylic acids is 1. The van der Waals surface area contributed by atoms with E-state index in [-0.39, 0.29) is 23.8 Å². The molecule has 2 rings (SSSR count). The Hall–Kier alpha value is -1.55. The number of nitrogens with one attached hydrogen (secondary N) is 1. The Balaban J connectivity index is 1.93. The number of rotatable bonds is 2. The minimum atomic E-state index is -0.219. The molecule has 0 saturated heterocycles. The zero-order chi connectivity index (χ0) is 12.3. The number of amides is 1. The lowest BCUT2D eigenvalue weighted by molar-refractivity contribution is 0.0867. The molecule has 1 saturated carbocycles. The van der Waals surface area contributed by atoms with Gasteiger partial charge in [0.1, 0.15) is 5.75 Å². The van der Waals surface area contributed by atoms with Crippen molar-refractivity contribution in [3.8, 4) is 5.75 Å². The molecule has 1 aliphatic carbocycles. The number of aliphatic hydroxyl groups excluding tert-OH is 1. The molecule has 4 heteroatoms. The van der Waals surface area contributed by atoms with E-state index in [1.165, 1.54) is 12.1 Å². The number of carbonyl (C=O) groups is 1. The normalized spacial score (nSPS) is 24.3. The molecule has 3 N–H and O–H groups in total. The van der Waals surface area contributed by atoms with Crippen molar-refractivity contribution < 1.29 is 15.0 Å². The van der Waals surface area contributed by atoms with E-state index in [4.69, 9.17) is 0 Å². The van der Waals surface area contributed by atoms with Crippen molar-refractivity contribution in [3.05, 3.63) is 29.8 Å². The van der Waals surface area contributed by atoms with Crippen LogP contribution in [0.15, 0.2) is 24.3 Å². The number of hydrogen-bond donors (Lipinski definition) is 3. The van der Waals surface area contributed by atoms with Gasteiger partial charge in [-0.3, -0.25) is 4.79 Å². The lowest BCUT2D eigenvalue weighted by Crippen LogP contribution is -2.38. The summed E-state index contributed by atoms with van der Waals surface area (Å²) < 4.78 is 0. The molecule has 1 aromatic rings. The highest BCUT2D eigenvalue weighted by Gasteiger charge is 2.21. The maximum absolute atomic E-state index is 11.9. The van der Waals surface area contributed by atoms with Gasteiger partial charge in [-0.05, 0) is 43.9 Å². The van der Waals surface area contributed by atoms with Crippen LogP contribution in [0.5, 0.6) is 5.75 Å². The van der Waals surface area contributed by atoms with Crippen molar-refractivity contribution in [2.75, 3.05) is 0 Å². The molecule has 0 atom stereocenters. The molecule has 0 aliphatic heterocycles. The summed E-state index contributed by atoms with van der Waals surface area (Å²) in [5, 5.41) is 21.6. The summed E-state index contributed by atoms with van der Waals surface area (Å²) in [6.45, 7) is 0. The molecule has 0 spiro atoms. The molecule has 0 aromatic heterocycles. The van der Waals surface area contributed by atoms with E-state index in [0.29, 0.717) is 5.56 Å². The standard InChI is InChI=1S/C13H17NO3/c15-11-6-4-10(5-7-11)14-13(17)9-2-1-3-12(16)8-9/h1-3,8,10-11,15-16H,4-7H2,(H,14,17). The first kappa shape index (κ1) is 11.9. The Morgan fingerprint density at radius 1 is 1.24 bits per heavy atom. The van der Waals surface area contributed by atoms with Crippen LogP contribution in [0, 0.1) is 0 Å². The van der Waals surface area contributed by atoms with Crippen LogP contribution < -0.4 is 5.32 Å². The van der Waals surface area contributed by atoms with Crippen molar-refractivity contribution in [1.29, 1.82) is 0 Å². The van der Waals surface area contributed by atoms with Crippen LogP contribution in [0.2, 0.25) is 0 Å². The summed E-state index contributed by atoms with van der Waals surface area (Å²) >= 11 is 0. The van der Waals surface area contributed by atoms with Gasteiger partial charge in [0.15, 0.2) is 0 Å². The zero-order valence-corrected chi connectivity index (χ0v) is 9.60. The topological polar surface area (TPSA) is 69.6 Å². The molecular formula is C13H17NO3. The average Bonchev–Trinajstić information content (AvgIpc) is 2.32. The smallest absolute Gasteiger partial charge is 0.251 e. The van der Waals surface area contributed by atoms with Gasteiger partial charge in [0.05, 0.1) is 6.10 Å². The summed E-state index contributed by atoms with van der Waals surface area (Å²) in [7, 11) is 0. The van der Waals surface area contributed by atoms with Gasteiger partial charge in [-0.25, -0.2) is 0 Å². The van der Waals surface area contributed by atoms with Crippen LogP contribution in [0.4, 0.5) is 0 Å². The Morgan fingerprint density at radius 2 is 1.94 bits per heavy atom. The molecular weight excluding hydrogens is 218 g/mol. The molecule has 0 radical (unpaired) electrons. The van der Waals surface area contributed by atoms with Gasteiger partial charge in [-0.1, -0.05) is 6.07 Å². The fraction of sp³-hybridized carbons (Fsp3) is 0.462. The highest BCUT2D eigenvalue weighted by Crippen LogP contribution is 2.19. The SMILES string of the molecule is O=C(NC1CCC(O)CC1)c1cccc(O)c1. The molecule has 1 aliphatic rings. The van der Waals surface area contributed by atoms with Crippen molar-refractivity contribution in [1.82, 2.24) is 5.32 Å². The van der Waals surface area contributed by atoms with Gasteiger partial charge in [0.25, 0.3) is 5.91 Å². The molecule has 1 amide bonds. The average molecular weight is 235 g/mol. The third-order valence-corrected chi connectivity index (χ3v) is 3.14. The van der Waals surface area contributed by atoms with Gasteiger partial charge in [0.2, 0.25) is 0 Å². The fourth-order valence-corrected chi connectivity index (χ4v) is 2.14. The summed E-state index contributed by atoms with van der Waals surface area (Å²) in [6.07, 6.45) is 2.89. The van der Waals surface area contributed by atoms with Crippen LogP contribution in [-0.4, -0.2) is 28.3 Å². The first-order chi connectivity index (χ1) is 8.15. The molecule has 0 bridgehead atoms. The van der Waals surface area contributed by atoms with E-state index in [9.17, 15) is 15.0 Å². The van der Waals surface area contributed by atoms with Crippen molar-refractivity contribution >= 4 is 5.91 Å². The Kier molecular flexibility index (Phi) is 3.64. The Labute approximate surface area is 100 Å². The number of phenols is 1. The van der Waals surface area contributed by atoms with E-state index in [0.717, 1.165) is 25.7 Å². The summed E-state index contributed by atoms with van der Waals surface area (Å²) in [6, 6.07) is 6.44. The molecule has 4 nitrogen and oxygen atoms in total. The number of benzene rings is 1. The highest BCUT2D eigenvalue weighted by atomic mass is 16.3. The van der Waals surface area contributed by atoms with Crippen LogP contribution in [0.25, 0.3) is 0 Å². The van der Waals surface area contributed by atoms with Crippen molar-refractivity contribution in [3.63, 3.8) is 0 Å². The number of aromatic hydroxyl groups is 1. The fourth-order valence-electron chi connectivity index (χ4n) is 2.14. The molecule has 17 heavy (non-hydrogen) atoms. The minimum Gasteiger partial charge on any atom is -0.508 e. The van der Waals surface area contributed by atoms with E-state index >= 15 is 0 Å². The zero-order valence-electron chi connectivity index (χ0n) is 9.60. The van der Waals surface area contributed by atoms with E-state index in [1.54, 1.807) is 12.1 Å². The number of aliphatic hydroxyl groups is 1. The summed E-state index contributed by atoms with van der Waals surface area (Å²) in [4.78, 5) is 11.9. The van der Waals surface area contributed by atoms with Crippen LogP contribution in [0.1, 0.15) is 36.0 Å². The lowest BCUT2D eigenvalue weighted by atomic mass is 9.93. The molecule has 1 fully saturated rings. The predicted octanol–water partition coefficient (Wildman–Crippen LogP) is 1.43. The first-order valence-electron chi connectivity index (χ1n) is 5.93. The van der Waals surface area contributed by atoms with E-state index in [1.807, 2.05) is 0 Å². The largest absolute Gasteiger partial charge is 0.508 e. The van der Waals surface area contributed by atoms with Gasteiger partial charge in [0, 0.05) is 11.6 Å². The van der Waals surface area contributed by atoms with Crippen LogP contribution in [-0.2, 0) is 0 Å². The van der Waals surface area contributed by atoms with Gasteiger partial charge in [-0.2, -0.15) is 0 Å². The third kappa shape index (κ3) is 3.20. The maximum Gasteiger partial charge on any atom is 0.251 e. The molecule has 0 unspecified atom stereocenters. The van der Waals surface area contributed by atoms with Gasteiger partial charge >= 0.3 is 0 Å². The molecule has 0 heterocycles. The second-order valence-electron chi connectivity index (χ2n) is 4.53. The number of phenolic OH excluding ortho intramolecular Hbond substituents is 1. The van der Waals surface area contributed by atoms with Gasteiger partial charge < -0.3 is 15.5 Å². The van der Waals surface area contributed by atoms with Crippen molar-refractivity contribution in [2.45, 2.75) is 37.8 Å². The third-order valence-electron chi connectivity index (χ3n) is 3.14. The lowest BCUT2D eigenvalue weighted by Gasteiger charge is -2.26.